The van der Waals surface area contributed by atoms with Crippen molar-refractivity contribution in [3.63, 3.8) is 0 Å². The van der Waals surface area contributed by atoms with E-state index in [4.69, 9.17) is 10.3 Å². The zero-order chi connectivity index (χ0) is 19.4. The topological polar surface area (TPSA) is 151 Å². The molecule has 2 N–H and O–H groups in total. The first-order valence-corrected chi connectivity index (χ1v) is 6.84. The van der Waals surface area contributed by atoms with Crippen molar-refractivity contribution < 1.29 is 42.1 Å². The molecule has 0 unspecified atom stereocenters. The van der Waals surface area contributed by atoms with Crippen LogP contribution in [0.3, 0.4) is 0 Å². The minimum atomic E-state index is -5.25. The fourth-order valence-electron chi connectivity index (χ4n) is 2.56. The van der Waals surface area contributed by atoms with Crippen molar-refractivity contribution in [2.45, 2.75) is 49.7 Å². The summed E-state index contributed by atoms with van der Waals surface area (Å²) in [5.74, 6) is -4.46. The molecular weight excluding hydrogens is 353 g/mol. The number of azide groups is 1. The molecule has 0 spiro atoms. The third kappa shape index (κ3) is 4.97. The van der Waals surface area contributed by atoms with Crippen LogP contribution >= 0.6 is 0 Å². The van der Waals surface area contributed by atoms with Crippen LogP contribution in [0.2, 0.25) is 0 Å². The predicted octanol–water partition coefficient (Wildman–Crippen LogP) is 0.342. The first-order valence-electron chi connectivity index (χ1n) is 6.84. The molecule has 0 bridgehead atoms. The molecule has 0 aliphatic heterocycles. The van der Waals surface area contributed by atoms with Gasteiger partial charge in [0, 0.05) is 30.7 Å². The maximum absolute atomic E-state index is 12.5. The van der Waals surface area contributed by atoms with E-state index in [-0.39, 0.29) is 0 Å². The lowest BCUT2D eigenvalue weighted by Gasteiger charge is -2.42. The molecule has 1 amide bonds. The number of nitrogens with one attached hydrogen (secondary N) is 1. The lowest BCUT2D eigenvalue weighted by Crippen LogP contribution is -2.62. The third-order valence-corrected chi connectivity index (χ3v) is 3.53. The molecule has 1 rings (SSSR count). The van der Waals surface area contributed by atoms with Gasteiger partial charge in [0.25, 0.3) is 0 Å². The van der Waals surface area contributed by atoms with E-state index in [9.17, 15) is 32.7 Å². The maximum Gasteiger partial charge on any atom is 0.471 e. The molecule has 140 valence electrons. The molecule has 13 heteroatoms. The largest absolute Gasteiger partial charge is 0.471 e. The molecule has 1 aliphatic rings. The van der Waals surface area contributed by atoms with Crippen LogP contribution in [-0.2, 0) is 23.9 Å². The first kappa shape index (κ1) is 20.5. The van der Waals surface area contributed by atoms with Gasteiger partial charge in [-0.1, -0.05) is 5.11 Å². The summed E-state index contributed by atoms with van der Waals surface area (Å²) >= 11 is 0. The van der Waals surface area contributed by atoms with Gasteiger partial charge in [-0.25, -0.2) is 4.79 Å². The lowest BCUT2D eigenvalue weighted by atomic mass is 9.77. The molecule has 0 aromatic heterocycles. The number of methoxy groups -OCH3 is 1. The smallest absolute Gasteiger partial charge is 0.467 e. The number of nitrogens with zero attached hydrogens (tertiary/aromatic N) is 3. The van der Waals surface area contributed by atoms with Crippen LogP contribution in [-0.4, -0.2) is 60.0 Å². The standard InChI is InChI=1S/C12H15F3N4O6/c1-5(20)25-7-4-11(23,10(22)24-2)3-6(8(7)18-19-16)17-9(21)12(13,14)15/h6-8,23H,3-4H2,1-2H3,(H,17,21)/t6-,7+,8+,11-/m0/s1. The van der Waals surface area contributed by atoms with E-state index in [1.807, 2.05) is 0 Å². The molecule has 10 nitrogen and oxygen atoms in total. The van der Waals surface area contributed by atoms with Gasteiger partial charge in [0.05, 0.1) is 13.2 Å². The molecule has 25 heavy (non-hydrogen) atoms. The van der Waals surface area contributed by atoms with Gasteiger partial charge in [-0.2, -0.15) is 13.2 Å². The van der Waals surface area contributed by atoms with Crippen molar-refractivity contribution in [1.82, 2.24) is 5.32 Å². The molecular formula is C12H15F3N4O6. The monoisotopic (exact) mass is 368 g/mol. The Morgan fingerprint density at radius 3 is 2.40 bits per heavy atom. The van der Waals surface area contributed by atoms with Gasteiger partial charge in [0.2, 0.25) is 0 Å². The Morgan fingerprint density at radius 1 is 1.36 bits per heavy atom. The second-order valence-corrected chi connectivity index (χ2v) is 5.35. The van der Waals surface area contributed by atoms with Crippen molar-refractivity contribution >= 4 is 17.8 Å². The van der Waals surface area contributed by atoms with Gasteiger partial charge < -0.3 is 19.9 Å². The van der Waals surface area contributed by atoms with Crippen LogP contribution in [0, 0.1) is 0 Å². The zero-order valence-corrected chi connectivity index (χ0v) is 13.1. The number of alkyl halides is 3. The quantitative estimate of drug-likeness (QED) is 0.316. The SMILES string of the molecule is COC(=O)[C@]1(O)C[C@H](NC(=O)C(F)(F)F)[C@@H](N=[N+]=[N-])[C@H](OC(C)=O)C1. The van der Waals surface area contributed by atoms with Crippen LogP contribution in [0.1, 0.15) is 19.8 Å². The lowest BCUT2D eigenvalue weighted by molar-refractivity contribution is -0.183. The van der Waals surface area contributed by atoms with Gasteiger partial charge >= 0.3 is 24.0 Å². The summed E-state index contributed by atoms with van der Waals surface area (Å²) in [4.78, 5) is 36.6. The Labute approximate surface area is 138 Å². The number of amides is 1. The highest BCUT2D eigenvalue weighted by molar-refractivity contribution is 5.83. The average Bonchev–Trinajstić information content (AvgIpc) is 2.48. The van der Waals surface area contributed by atoms with Crippen molar-refractivity contribution in [2.24, 2.45) is 5.11 Å². The fraction of sp³-hybridized carbons (Fsp3) is 0.750. The van der Waals surface area contributed by atoms with Crippen molar-refractivity contribution in [3.8, 4) is 0 Å². The summed E-state index contributed by atoms with van der Waals surface area (Å²) in [5, 5.41) is 15.1. The molecule has 0 aromatic rings. The van der Waals surface area contributed by atoms with Gasteiger partial charge in [-0.15, -0.1) is 0 Å². The van der Waals surface area contributed by atoms with Gasteiger partial charge in [-0.3, -0.25) is 9.59 Å². The molecule has 4 atom stereocenters. The summed E-state index contributed by atoms with van der Waals surface area (Å²) in [6.07, 6.45) is -8.02. The van der Waals surface area contributed by atoms with E-state index < -0.39 is 60.7 Å². The summed E-state index contributed by atoms with van der Waals surface area (Å²) < 4.78 is 46.7. The van der Waals surface area contributed by atoms with Crippen molar-refractivity contribution in [2.75, 3.05) is 7.11 Å². The molecule has 1 fully saturated rings. The molecule has 0 aromatic carbocycles. The number of carbonyl (C=O) groups is 3. The minimum Gasteiger partial charge on any atom is -0.467 e. The van der Waals surface area contributed by atoms with Crippen LogP contribution in [0.25, 0.3) is 10.4 Å². The van der Waals surface area contributed by atoms with Crippen LogP contribution < -0.4 is 5.32 Å². The Balaban J connectivity index is 3.25. The summed E-state index contributed by atoms with van der Waals surface area (Å²) in [7, 11) is 0.934. The maximum atomic E-state index is 12.5. The molecule has 0 radical (unpaired) electrons. The number of carbonyl (C=O) groups excluding carboxylic acids is 3. The number of hydrogen-bond acceptors (Lipinski definition) is 7. The molecule has 1 aliphatic carbocycles. The Bertz CT molecular complexity index is 606. The summed E-state index contributed by atoms with van der Waals surface area (Å²) in [6, 6.07) is -3.10. The zero-order valence-electron chi connectivity index (χ0n) is 13.1. The number of ether oxygens (including phenoxy) is 2. The molecule has 0 saturated heterocycles. The summed E-state index contributed by atoms with van der Waals surface area (Å²) in [6.45, 7) is 0.974. The first-order chi connectivity index (χ1) is 11.4. The van der Waals surface area contributed by atoms with Crippen LogP contribution in [0.5, 0.6) is 0 Å². The highest BCUT2D eigenvalue weighted by Crippen LogP contribution is 2.34. The van der Waals surface area contributed by atoms with E-state index in [2.05, 4.69) is 14.8 Å². The van der Waals surface area contributed by atoms with Crippen LogP contribution in [0.15, 0.2) is 5.11 Å². The number of esters is 2. The Morgan fingerprint density at radius 2 is 1.96 bits per heavy atom. The van der Waals surface area contributed by atoms with Gasteiger partial charge in [0.15, 0.2) is 5.60 Å². The van der Waals surface area contributed by atoms with Crippen molar-refractivity contribution in [1.29, 1.82) is 0 Å². The normalized spacial score (nSPS) is 29.1. The number of halogens is 3. The fourth-order valence-corrected chi connectivity index (χ4v) is 2.56. The average molecular weight is 368 g/mol. The van der Waals surface area contributed by atoms with E-state index in [1.165, 1.54) is 0 Å². The highest BCUT2D eigenvalue weighted by atomic mass is 19.4. The predicted molar refractivity (Wildman–Crippen MR) is 72.7 cm³/mol. The second-order valence-electron chi connectivity index (χ2n) is 5.35. The molecule has 0 heterocycles. The van der Waals surface area contributed by atoms with E-state index in [1.54, 1.807) is 5.32 Å². The number of rotatable bonds is 4. The highest BCUT2D eigenvalue weighted by Gasteiger charge is 2.53. The van der Waals surface area contributed by atoms with Crippen LogP contribution in [0.4, 0.5) is 13.2 Å². The second kappa shape index (κ2) is 7.57. The third-order valence-electron chi connectivity index (χ3n) is 3.53. The van der Waals surface area contributed by atoms with Crippen molar-refractivity contribution in [3.05, 3.63) is 10.4 Å². The summed E-state index contributed by atoms with van der Waals surface area (Å²) in [5.41, 5.74) is 6.25. The van der Waals surface area contributed by atoms with E-state index in [0.29, 0.717) is 0 Å². The van der Waals surface area contributed by atoms with E-state index in [0.717, 1.165) is 14.0 Å². The van der Waals surface area contributed by atoms with Gasteiger partial charge in [-0.05, 0) is 5.53 Å². The Hall–Kier alpha value is -2.53. The molecule has 1 saturated carbocycles. The number of hydrogen-bond donors (Lipinski definition) is 2. The number of aliphatic hydroxyl groups is 1. The van der Waals surface area contributed by atoms with Gasteiger partial charge in [0.1, 0.15) is 6.10 Å². The van der Waals surface area contributed by atoms with E-state index >= 15 is 0 Å². The Kier molecular flexibility index (Phi) is 6.21. The minimum absolute atomic E-state index is 0.582.